The zero-order chi connectivity index (χ0) is 9.47. The molecule has 13 heavy (non-hydrogen) atoms. The highest BCUT2D eigenvalue weighted by atomic mass is 16.3. The van der Waals surface area contributed by atoms with Crippen LogP contribution in [0.3, 0.4) is 0 Å². The van der Waals surface area contributed by atoms with Crippen LogP contribution in [-0.2, 0) is 6.42 Å². The Morgan fingerprint density at radius 2 is 2.08 bits per heavy atom. The molecule has 1 fully saturated rings. The summed E-state index contributed by atoms with van der Waals surface area (Å²) in [5.41, 5.74) is 1.54. The molecule has 1 aromatic rings. The van der Waals surface area contributed by atoms with Gasteiger partial charge in [0.1, 0.15) is 5.75 Å². The molecule has 1 aromatic carbocycles. The van der Waals surface area contributed by atoms with Crippen molar-refractivity contribution in [3.8, 4) is 5.75 Å². The summed E-state index contributed by atoms with van der Waals surface area (Å²) in [6.45, 7) is 1.87. The molecule has 0 amide bonds. The van der Waals surface area contributed by atoms with Crippen LogP contribution in [0.15, 0.2) is 18.2 Å². The molecule has 1 aliphatic carbocycles. The zero-order valence-electron chi connectivity index (χ0n) is 7.75. The second-order valence-corrected chi connectivity index (χ2v) is 4.02. The van der Waals surface area contributed by atoms with E-state index in [1.807, 2.05) is 19.1 Å². The maximum atomic E-state index is 9.68. The largest absolute Gasteiger partial charge is 0.508 e. The van der Waals surface area contributed by atoms with Crippen LogP contribution in [0, 0.1) is 6.92 Å². The average Bonchev–Trinajstić information content (AvgIpc) is 2.76. The van der Waals surface area contributed by atoms with Gasteiger partial charge in [-0.25, -0.2) is 0 Å². The summed E-state index contributed by atoms with van der Waals surface area (Å²) < 4.78 is 0. The Kier molecular flexibility index (Phi) is 1.81. The van der Waals surface area contributed by atoms with Crippen LogP contribution in [0.5, 0.6) is 5.75 Å². The fraction of sp³-hybridized carbons (Fsp3) is 0.455. The maximum absolute atomic E-state index is 9.68. The summed E-state index contributed by atoms with van der Waals surface area (Å²) in [6.07, 6.45) is 2.54. The number of aromatic hydroxyl groups is 1. The molecule has 0 bridgehead atoms. The zero-order valence-corrected chi connectivity index (χ0v) is 7.75. The third-order valence-electron chi connectivity index (χ3n) is 2.62. The lowest BCUT2D eigenvalue weighted by Crippen LogP contribution is -2.10. The van der Waals surface area contributed by atoms with Gasteiger partial charge in [-0.15, -0.1) is 0 Å². The van der Waals surface area contributed by atoms with Crippen molar-refractivity contribution in [2.24, 2.45) is 0 Å². The molecule has 0 spiro atoms. The highest BCUT2D eigenvalue weighted by molar-refractivity contribution is 5.35. The Morgan fingerprint density at radius 1 is 1.38 bits per heavy atom. The molecule has 0 aliphatic heterocycles. The summed E-state index contributed by atoms with van der Waals surface area (Å²) >= 11 is 0. The predicted molar refractivity (Wildman–Crippen MR) is 50.7 cm³/mol. The van der Waals surface area contributed by atoms with Crippen molar-refractivity contribution in [3.63, 3.8) is 0 Å². The molecule has 0 saturated heterocycles. The van der Waals surface area contributed by atoms with E-state index in [-0.39, 0.29) is 0 Å². The van der Waals surface area contributed by atoms with Gasteiger partial charge in [-0.1, -0.05) is 12.1 Å². The Labute approximate surface area is 77.8 Å². The smallest absolute Gasteiger partial charge is 0.118 e. The Bertz CT molecular complexity index is 327. The molecule has 2 N–H and O–H groups in total. The minimum Gasteiger partial charge on any atom is -0.508 e. The van der Waals surface area contributed by atoms with Crippen LogP contribution in [0.2, 0.25) is 0 Å². The van der Waals surface area contributed by atoms with Gasteiger partial charge in [-0.3, -0.25) is 0 Å². The van der Waals surface area contributed by atoms with Gasteiger partial charge in [0.15, 0.2) is 0 Å². The molecule has 1 saturated carbocycles. The second kappa shape index (κ2) is 2.74. The second-order valence-electron chi connectivity index (χ2n) is 4.02. The van der Waals surface area contributed by atoms with Gasteiger partial charge >= 0.3 is 0 Å². The topological polar surface area (TPSA) is 40.5 Å². The molecule has 0 radical (unpaired) electrons. The average molecular weight is 178 g/mol. The first-order valence-corrected chi connectivity index (χ1v) is 4.60. The SMILES string of the molecule is Cc1cc(CC2(O)CC2)ccc1O. The summed E-state index contributed by atoms with van der Waals surface area (Å²) in [7, 11) is 0. The van der Waals surface area contributed by atoms with Crippen LogP contribution < -0.4 is 0 Å². The highest BCUT2D eigenvalue weighted by Gasteiger charge is 2.40. The predicted octanol–water partition coefficient (Wildman–Crippen LogP) is 1.77. The van der Waals surface area contributed by atoms with Crippen molar-refractivity contribution in [2.45, 2.75) is 31.8 Å². The third kappa shape index (κ3) is 1.83. The molecule has 0 heterocycles. The molecule has 0 aromatic heterocycles. The van der Waals surface area contributed by atoms with Gasteiger partial charge in [0.2, 0.25) is 0 Å². The maximum Gasteiger partial charge on any atom is 0.118 e. The van der Waals surface area contributed by atoms with Gasteiger partial charge in [0.05, 0.1) is 5.60 Å². The Morgan fingerprint density at radius 3 is 2.62 bits per heavy atom. The van der Waals surface area contributed by atoms with Crippen LogP contribution in [0.25, 0.3) is 0 Å². The number of aryl methyl sites for hydroxylation is 1. The van der Waals surface area contributed by atoms with Crippen molar-refractivity contribution in [2.75, 3.05) is 0 Å². The summed E-state index contributed by atoms with van der Waals surface area (Å²) in [4.78, 5) is 0. The van der Waals surface area contributed by atoms with Crippen LogP contribution in [0.4, 0.5) is 0 Å². The fourth-order valence-electron chi connectivity index (χ4n) is 1.53. The van der Waals surface area contributed by atoms with Crippen molar-refractivity contribution >= 4 is 0 Å². The van der Waals surface area contributed by atoms with Gasteiger partial charge in [-0.05, 0) is 37.0 Å². The fourth-order valence-corrected chi connectivity index (χ4v) is 1.53. The standard InChI is InChI=1S/C11H14O2/c1-8-6-9(2-3-10(8)12)7-11(13)4-5-11/h2-3,6,12-13H,4-5,7H2,1H3. The van der Waals surface area contributed by atoms with E-state index in [2.05, 4.69) is 0 Å². The van der Waals surface area contributed by atoms with Gasteiger partial charge in [0.25, 0.3) is 0 Å². The Hall–Kier alpha value is -1.02. The molecule has 70 valence electrons. The number of rotatable bonds is 2. The number of hydrogen-bond acceptors (Lipinski definition) is 2. The van der Waals surface area contributed by atoms with E-state index in [4.69, 9.17) is 0 Å². The van der Waals surface area contributed by atoms with E-state index in [1.165, 1.54) is 0 Å². The van der Waals surface area contributed by atoms with Crippen molar-refractivity contribution in [1.29, 1.82) is 0 Å². The molecule has 1 aliphatic rings. The summed E-state index contributed by atoms with van der Waals surface area (Å²) in [5.74, 6) is 0.325. The molecule has 0 unspecified atom stereocenters. The van der Waals surface area contributed by atoms with Crippen molar-refractivity contribution < 1.29 is 10.2 Å². The lowest BCUT2D eigenvalue weighted by Gasteiger charge is -2.08. The minimum atomic E-state index is -0.441. The van der Waals surface area contributed by atoms with E-state index in [0.717, 1.165) is 24.0 Å². The lowest BCUT2D eigenvalue weighted by atomic mass is 10.0. The molecule has 2 nitrogen and oxygen atoms in total. The van der Waals surface area contributed by atoms with Crippen molar-refractivity contribution in [1.82, 2.24) is 0 Å². The number of phenols is 1. The quantitative estimate of drug-likeness (QED) is 0.724. The first-order chi connectivity index (χ1) is 6.09. The van der Waals surface area contributed by atoms with E-state index < -0.39 is 5.60 Å². The normalized spacial score (nSPS) is 18.6. The van der Waals surface area contributed by atoms with Gasteiger partial charge in [-0.2, -0.15) is 0 Å². The van der Waals surface area contributed by atoms with Gasteiger partial charge in [0, 0.05) is 6.42 Å². The van der Waals surface area contributed by atoms with Crippen LogP contribution in [-0.4, -0.2) is 15.8 Å². The monoisotopic (exact) mass is 178 g/mol. The van der Waals surface area contributed by atoms with Gasteiger partial charge < -0.3 is 10.2 Å². The summed E-state index contributed by atoms with van der Waals surface area (Å²) in [5, 5.41) is 19.0. The van der Waals surface area contributed by atoms with Crippen molar-refractivity contribution in [3.05, 3.63) is 29.3 Å². The van der Waals surface area contributed by atoms with E-state index in [0.29, 0.717) is 12.2 Å². The third-order valence-corrected chi connectivity index (χ3v) is 2.62. The first-order valence-electron chi connectivity index (χ1n) is 4.60. The van der Waals surface area contributed by atoms with E-state index >= 15 is 0 Å². The minimum absolute atomic E-state index is 0.325. The lowest BCUT2D eigenvalue weighted by molar-refractivity contribution is 0.151. The Balaban J connectivity index is 2.17. The molecule has 2 heteroatoms. The van der Waals surface area contributed by atoms with E-state index in [9.17, 15) is 10.2 Å². The number of aliphatic hydroxyl groups is 1. The number of hydrogen-bond donors (Lipinski definition) is 2. The van der Waals surface area contributed by atoms with Crippen LogP contribution >= 0.6 is 0 Å². The number of phenolic OH excluding ortho intramolecular Hbond substituents is 1. The van der Waals surface area contributed by atoms with E-state index in [1.54, 1.807) is 6.07 Å². The molecular weight excluding hydrogens is 164 g/mol. The molecule has 0 atom stereocenters. The molecular formula is C11H14O2. The first kappa shape index (κ1) is 8.57. The highest BCUT2D eigenvalue weighted by Crippen LogP contribution is 2.38. The summed E-state index contributed by atoms with van der Waals surface area (Å²) in [6, 6.07) is 5.50. The van der Waals surface area contributed by atoms with Crippen LogP contribution in [0.1, 0.15) is 24.0 Å². The number of benzene rings is 1. The molecule has 2 rings (SSSR count).